The maximum absolute atomic E-state index is 12.6. The van der Waals surface area contributed by atoms with Crippen molar-refractivity contribution in [1.29, 1.82) is 0 Å². The number of rotatable bonds is 4. The normalized spacial score (nSPS) is 17.9. The van der Waals surface area contributed by atoms with Crippen LogP contribution >= 0.6 is 0 Å². The SMILES string of the molecule is COc1nc2ccccc2nc1CCC(=O)N1CCC(=O)NC[C@@H]1C. The Morgan fingerprint density at radius 1 is 1.32 bits per heavy atom. The summed E-state index contributed by atoms with van der Waals surface area (Å²) in [7, 11) is 1.55. The molecule has 1 N–H and O–H groups in total. The zero-order valence-electron chi connectivity index (χ0n) is 14.5. The molecule has 1 aliphatic heterocycles. The molecule has 2 aromatic rings. The van der Waals surface area contributed by atoms with Crippen molar-refractivity contribution < 1.29 is 14.3 Å². The molecule has 0 aliphatic carbocycles. The van der Waals surface area contributed by atoms with Crippen molar-refractivity contribution in [3.8, 4) is 5.88 Å². The van der Waals surface area contributed by atoms with Gasteiger partial charge in [-0.05, 0) is 19.1 Å². The summed E-state index contributed by atoms with van der Waals surface area (Å²) < 4.78 is 5.33. The van der Waals surface area contributed by atoms with Gasteiger partial charge in [0.05, 0.1) is 18.1 Å². The summed E-state index contributed by atoms with van der Waals surface area (Å²) in [5, 5.41) is 2.82. The van der Waals surface area contributed by atoms with E-state index < -0.39 is 0 Å². The van der Waals surface area contributed by atoms with E-state index in [9.17, 15) is 9.59 Å². The van der Waals surface area contributed by atoms with Gasteiger partial charge in [-0.1, -0.05) is 12.1 Å². The van der Waals surface area contributed by atoms with Crippen LogP contribution in [0.15, 0.2) is 24.3 Å². The fraction of sp³-hybridized carbons (Fsp3) is 0.444. The van der Waals surface area contributed by atoms with E-state index >= 15 is 0 Å². The molecule has 1 saturated heterocycles. The fourth-order valence-corrected chi connectivity index (χ4v) is 2.99. The smallest absolute Gasteiger partial charge is 0.235 e. The van der Waals surface area contributed by atoms with Crippen molar-refractivity contribution in [3.05, 3.63) is 30.0 Å². The number of nitrogens with one attached hydrogen (secondary N) is 1. The average molecular weight is 342 g/mol. The second-order valence-electron chi connectivity index (χ2n) is 6.16. The first-order valence-corrected chi connectivity index (χ1v) is 8.44. The van der Waals surface area contributed by atoms with Crippen molar-refractivity contribution in [3.63, 3.8) is 0 Å². The molecule has 0 spiro atoms. The molecule has 1 aliphatic rings. The number of para-hydroxylation sites is 2. The third-order valence-corrected chi connectivity index (χ3v) is 4.40. The summed E-state index contributed by atoms with van der Waals surface area (Å²) in [6.45, 7) is 2.88. The lowest BCUT2D eigenvalue weighted by molar-refractivity contribution is -0.132. The van der Waals surface area contributed by atoms with Gasteiger partial charge in [0.15, 0.2) is 0 Å². The molecule has 25 heavy (non-hydrogen) atoms. The Morgan fingerprint density at radius 3 is 2.76 bits per heavy atom. The molecule has 2 amide bonds. The minimum Gasteiger partial charge on any atom is -0.480 e. The number of nitrogens with zero attached hydrogens (tertiary/aromatic N) is 3. The first-order chi connectivity index (χ1) is 12.1. The number of fused-ring (bicyclic) bond motifs is 1. The number of carbonyl (C=O) groups excluding carboxylic acids is 2. The van der Waals surface area contributed by atoms with Crippen LogP contribution in [0.4, 0.5) is 0 Å². The first kappa shape index (κ1) is 17.1. The van der Waals surface area contributed by atoms with Gasteiger partial charge in [0.1, 0.15) is 5.69 Å². The molecular weight excluding hydrogens is 320 g/mol. The number of methoxy groups -OCH3 is 1. The van der Waals surface area contributed by atoms with Crippen LogP contribution in [0.2, 0.25) is 0 Å². The van der Waals surface area contributed by atoms with Gasteiger partial charge in [-0.3, -0.25) is 9.59 Å². The maximum atomic E-state index is 12.6. The highest BCUT2D eigenvalue weighted by molar-refractivity contribution is 5.81. The number of ether oxygens (including phenoxy) is 1. The van der Waals surface area contributed by atoms with Gasteiger partial charge in [0, 0.05) is 38.4 Å². The van der Waals surface area contributed by atoms with Crippen LogP contribution in [0.3, 0.4) is 0 Å². The summed E-state index contributed by atoms with van der Waals surface area (Å²) >= 11 is 0. The predicted molar refractivity (Wildman–Crippen MR) is 93.2 cm³/mol. The number of hydrogen-bond donors (Lipinski definition) is 1. The Bertz CT molecular complexity index is 793. The zero-order valence-corrected chi connectivity index (χ0v) is 14.5. The van der Waals surface area contributed by atoms with E-state index in [1.807, 2.05) is 31.2 Å². The number of benzene rings is 1. The quantitative estimate of drug-likeness (QED) is 0.905. The highest BCUT2D eigenvalue weighted by Crippen LogP contribution is 2.20. The zero-order chi connectivity index (χ0) is 17.8. The molecule has 7 heteroatoms. The minimum absolute atomic E-state index is 0.00999. The van der Waals surface area contributed by atoms with Crippen LogP contribution < -0.4 is 10.1 Å². The van der Waals surface area contributed by atoms with Gasteiger partial charge >= 0.3 is 0 Å². The van der Waals surface area contributed by atoms with Crippen LogP contribution in [-0.2, 0) is 16.0 Å². The predicted octanol–water partition coefficient (Wildman–Crippen LogP) is 1.31. The molecule has 0 radical (unpaired) electrons. The Labute approximate surface area is 146 Å². The standard InChI is InChI=1S/C18H22N4O3/c1-12-11-19-16(23)9-10-22(12)17(24)8-7-15-18(25-2)21-14-6-4-3-5-13(14)20-15/h3-6,12H,7-11H2,1-2H3,(H,19,23)/t12-/m0/s1. The molecular formula is C18H22N4O3. The molecule has 1 atom stereocenters. The van der Waals surface area contributed by atoms with Crippen LogP contribution in [0.25, 0.3) is 11.0 Å². The van der Waals surface area contributed by atoms with Crippen LogP contribution in [0.5, 0.6) is 5.88 Å². The Balaban J connectivity index is 1.73. The third-order valence-electron chi connectivity index (χ3n) is 4.40. The Kier molecular flexibility index (Phi) is 5.11. The lowest BCUT2D eigenvalue weighted by atomic mass is 10.1. The second kappa shape index (κ2) is 7.46. The number of hydrogen-bond acceptors (Lipinski definition) is 5. The molecule has 132 valence electrons. The summed E-state index contributed by atoms with van der Waals surface area (Å²) in [4.78, 5) is 34.9. The monoisotopic (exact) mass is 342 g/mol. The van der Waals surface area contributed by atoms with Crippen molar-refractivity contribution in [1.82, 2.24) is 20.2 Å². The first-order valence-electron chi connectivity index (χ1n) is 8.44. The average Bonchev–Trinajstić information content (AvgIpc) is 2.80. The lowest BCUT2D eigenvalue weighted by Gasteiger charge is -2.26. The second-order valence-corrected chi connectivity index (χ2v) is 6.16. The van der Waals surface area contributed by atoms with Gasteiger partial charge in [-0.2, -0.15) is 0 Å². The van der Waals surface area contributed by atoms with Crippen molar-refractivity contribution in [2.24, 2.45) is 0 Å². The van der Waals surface area contributed by atoms with Crippen molar-refractivity contribution in [2.45, 2.75) is 32.2 Å². The summed E-state index contributed by atoms with van der Waals surface area (Å²) in [6.07, 6.45) is 1.10. The Hall–Kier alpha value is -2.70. The van der Waals surface area contributed by atoms with E-state index in [-0.39, 0.29) is 17.9 Å². The van der Waals surface area contributed by atoms with Crippen molar-refractivity contribution in [2.75, 3.05) is 20.2 Å². The van der Waals surface area contributed by atoms with Gasteiger partial charge in [0.2, 0.25) is 17.7 Å². The largest absolute Gasteiger partial charge is 0.480 e. The maximum Gasteiger partial charge on any atom is 0.235 e. The lowest BCUT2D eigenvalue weighted by Crippen LogP contribution is -2.41. The highest BCUT2D eigenvalue weighted by Gasteiger charge is 2.24. The molecule has 7 nitrogen and oxygen atoms in total. The summed E-state index contributed by atoms with van der Waals surface area (Å²) in [6, 6.07) is 7.56. The molecule has 0 bridgehead atoms. The van der Waals surface area contributed by atoms with E-state index in [4.69, 9.17) is 4.74 Å². The minimum atomic E-state index is -0.0106. The fourth-order valence-electron chi connectivity index (χ4n) is 2.99. The van der Waals surface area contributed by atoms with E-state index in [1.165, 1.54) is 0 Å². The molecule has 3 rings (SSSR count). The molecule has 1 fully saturated rings. The van der Waals surface area contributed by atoms with Gasteiger partial charge in [-0.15, -0.1) is 0 Å². The molecule has 2 heterocycles. The van der Waals surface area contributed by atoms with Crippen molar-refractivity contribution >= 4 is 22.8 Å². The van der Waals surface area contributed by atoms with Gasteiger partial charge < -0.3 is 15.0 Å². The summed E-state index contributed by atoms with van der Waals surface area (Å²) in [5.74, 6) is 0.456. The number of carbonyl (C=O) groups is 2. The van der Waals surface area contributed by atoms with E-state index in [0.717, 1.165) is 11.0 Å². The van der Waals surface area contributed by atoms with Crippen LogP contribution in [0.1, 0.15) is 25.5 Å². The molecule has 0 unspecified atom stereocenters. The van der Waals surface area contributed by atoms with Gasteiger partial charge in [-0.25, -0.2) is 9.97 Å². The molecule has 0 saturated carbocycles. The highest BCUT2D eigenvalue weighted by atomic mass is 16.5. The molecule has 1 aromatic carbocycles. The topological polar surface area (TPSA) is 84.4 Å². The number of amides is 2. The molecule has 1 aromatic heterocycles. The van der Waals surface area contributed by atoms with Crippen LogP contribution in [0, 0.1) is 0 Å². The van der Waals surface area contributed by atoms with E-state index in [2.05, 4.69) is 15.3 Å². The van der Waals surface area contributed by atoms with E-state index in [0.29, 0.717) is 43.9 Å². The number of aryl methyl sites for hydroxylation is 1. The third kappa shape index (κ3) is 3.87. The summed E-state index contributed by atoms with van der Waals surface area (Å²) in [5.41, 5.74) is 2.22. The van der Waals surface area contributed by atoms with Gasteiger partial charge in [0.25, 0.3) is 0 Å². The Morgan fingerprint density at radius 2 is 2.04 bits per heavy atom. The van der Waals surface area contributed by atoms with E-state index in [1.54, 1.807) is 12.0 Å². The number of aromatic nitrogens is 2. The van der Waals surface area contributed by atoms with Crippen LogP contribution in [-0.4, -0.2) is 52.9 Å².